The Morgan fingerprint density at radius 2 is 2.06 bits per heavy atom. The molecule has 2 aromatic rings. The van der Waals surface area contributed by atoms with Crippen molar-refractivity contribution in [2.24, 2.45) is 0 Å². The lowest BCUT2D eigenvalue weighted by Crippen LogP contribution is -2.16. The zero-order chi connectivity index (χ0) is 11.2. The van der Waals surface area contributed by atoms with Crippen molar-refractivity contribution in [3.8, 4) is 0 Å². The van der Waals surface area contributed by atoms with E-state index in [0.717, 1.165) is 22.4 Å². The van der Waals surface area contributed by atoms with Crippen LogP contribution in [0.1, 0.15) is 19.8 Å². The Labute approximate surface area is 94.7 Å². The van der Waals surface area contributed by atoms with Crippen molar-refractivity contribution in [2.75, 3.05) is 11.1 Å². The molecule has 0 atom stereocenters. The van der Waals surface area contributed by atoms with E-state index in [1.807, 2.05) is 24.3 Å². The highest BCUT2D eigenvalue weighted by Crippen LogP contribution is 2.37. The number of aromatic nitrogens is 1. The highest BCUT2D eigenvalue weighted by Gasteiger charge is 2.37. The Bertz CT molecular complexity index is 544. The first-order chi connectivity index (χ1) is 7.65. The Balaban J connectivity index is 1.99. The quantitative estimate of drug-likeness (QED) is 0.754. The first kappa shape index (κ1) is 9.46. The number of nitrogens with two attached hydrogens (primary N) is 1. The molecule has 3 N–H and O–H groups in total. The summed E-state index contributed by atoms with van der Waals surface area (Å²) >= 11 is 0. The molecule has 0 bridgehead atoms. The van der Waals surface area contributed by atoms with Gasteiger partial charge in [-0.25, -0.2) is 4.98 Å². The van der Waals surface area contributed by atoms with Crippen molar-refractivity contribution in [2.45, 2.75) is 25.3 Å². The van der Waals surface area contributed by atoms with Crippen LogP contribution in [0.3, 0.4) is 0 Å². The van der Waals surface area contributed by atoms with E-state index in [9.17, 15) is 0 Å². The molecule has 1 aliphatic carbocycles. The number of nitrogen functional groups attached to an aromatic ring is 1. The van der Waals surface area contributed by atoms with Crippen molar-refractivity contribution in [1.82, 2.24) is 4.98 Å². The molecule has 1 aliphatic rings. The van der Waals surface area contributed by atoms with Crippen molar-refractivity contribution in [1.29, 1.82) is 0 Å². The van der Waals surface area contributed by atoms with Crippen LogP contribution in [-0.4, -0.2) is 10.5 Å². The van der Waals surface area contributed by atoms with Gasteiger partial charge in [0.25, 0.3) is 0 Å². The standard InChI is InChI=1S/C13H15N3/c1-13(6-7-13)16-12-5-2-9-8-10(14)3-4-11(9)15-12/h2-5,8H,6-7,14H2,1H3,(H,15,16). The molecule has 1 aromatic heterocycles. The molecule has 0 saturated heterocycles. The van der Waals surface area contributed by atoms with Gasteiger partial charge in [-0.1, -0.05) is 0 Å². The molecule has 1 heterocycles. The molecule has 1 fully saturated rings. The summed E-state index contributed by atoms with van der Waals surface area (Å²) in [4.78, 5) is 4.58. The van der Waals surface area contributed by atoms with E-state index in [2.05, 4.69) is 23.3 Å². The van der Waals surface area contributed by atoms with E-state index >= 15 is 0 Å². The molecule has 3 nitrogen and oxygen atoms in total. The SMILES string of the molecule is CC1(Nc2ccc3cc(N)ccc3n2)CC1. The van der Waals surface area contributed by atoms with Gasteiger partial charge in [-0.3, -0.25) is 0 Å². The Kier molecular flexibility index (Phi) is 1.84. The molecule has 0 spiro atoms. The molecule has 1 aromatic carbocycles. The maximum atomic E-state index is 5.73. The van der Waals surface area contributed by atoms with Crippen molar-refractivity contribution in [3.63, 3.8) is 0 Å². The van der Waals surface area contributed by atoms with Crippen LogP contribution < -0.4 is 11.1 Å². The summed E-state index contributed by atoms with van der Waals surface area (Å²) in [6.07, 6.45) is 2.46. The lowest BCUT2D eigenvalue weighted by molar-refractivity contribution is 0.822. The van der Waals surface area contributed by atoms with Crippen LogP contribution >= 0.6 is 0 Å². The molecule has 82 valence electrons. The van der Waals surface area contributed by atoms with Gasteiger partial charge in [0.1, 0.15) is 5.82 Å². The van der Waals surface area contributed by atoms with Crippen LogP contribution in [-0.2, 0) is 0 Å². The summed E-state index contributed by atoms with van der Waals surface area (Å²) in [5.74, 6) is 0.956. The molecule has 16 heavy (non-hydrogen) atoms. The van der Waals surface area contributed by atoms with Gasteiger partial charge in [0.05, 0.1) is 5.52 Å². The average molecular weight is 213 g/mol. The minimum atomic E-state index is 0.272. The summed E-state index contributed by atoms with van der Waals surface area (Å²) in [5, 5.41) is 4.55. The van der Waals surface area contributed by atoms with Crippen LogP contribution in [0.5, 0.6) is 0 Å². The van der Waals surface area contributed by atoms with Gasteiger partial charge in [0.2, 0.25) is 0 Å². The first-order valence-electron chi connectivity index (χ1n) is 5.59. The molecular weight excluding hydrogens is 198 g/mol. The summed E-state index contributed by atoms with van der Waals surface area (Å²) in [6.45, 7) is 2.22. The number of nitrogens with one attached hydrogen (secondary N) is 1. The Hall–Kier alpha value is -1.77. The minimum absolute atomic E-state index is 0.272. The van der Waals surface area contributed by atoms with E-state index in [0.29, 0.717) is 0 Å². The largest absolute Gasteiger partial charge is 0.399 e. The second kappa shape index (κ2) is 3.11. The number of benzene rings is 1. The predicted octanol–water partition coefficient (Wildman–Crippen LogP) is 2.78. The molecule has 0 amide bonds. The number of pyridine rings is 1. The lowest BCUT2D eigenvalue weighted by Gasteiger charge is -2.12. The number of nitrogens with zero attached hydrogens (tertiary/aromatic N) is 1. The van der Waals surface area contributed by atoms with Crippen LogP contribution in [0.15, 0.2) is 30.3 Å². The number of anilines is 2. The molecular formula is C13H15N3. The van der Waals surface area contributed by atoms with Gasteiger partial charge in [-0.15, -0.1) is 0 Å². The van der Waals surface area contributed by atoms with Gasteiger partial charge in [0, 0.05) is 16.6 Å². The zero-order valence-corrected chi connectivity index (χ0v) is 9.33. The smallest absolute Gasteiger partial charge is 0.127 e. The van der Waals surface area contributed by atoms with Gasteiger partial charge >= 0.3 is 0 Å². The predicted molar refractivity (Wildman–Crippen MR) is 67.4 cm³/mol. The minimum Gasteiger partial charge on any atom is -0.399 e. The fourth-order valence-electron chi connectivity index (χ4n) is 1.84. The van der Waals surface area contributed by atoms with E-state index in [4.69, 9.17) is 5.73 Å². The Morgan fingerprint density at radius 1 is 1.25 bits per heavy atom. The summed E-state index contributed by atoms with van der Waals surface area (Å²) in [7, 11) is 0. The maximum absolute atomic E-state index is 5.73. The molecule has 0 unspecified atom stereocenters. The third kappa shape index (κ3) is 1.69. The number of hydrogen-bond acceptors (Lipinski definition) is 3. The number of hydrogen-bond donors (Lipinski definition) is 2. The van der Waals surface area contributed by atoms with Gasteiger partial charge < -0.3 is 11.1 Å². The molecule has 1 saturated carbocycles. The molecule has 0 radical (unpaired) electrons. The second-order valence-corrected chi connectivity index (χ2v) is 4.83. The van der Waals surface area contributed by atoms with E-state index in [1.165, 1.54) is 12.8 Å². The monoisotopic (exact) mass is 213 g/mol. The zero-order valence-electron chi connectivity index (χ0n) is 9.33. The highest BCUT2D eigenvalue weighted by molar-refractivity contribution is 5.83. The van der Waals surface area contributed by atoms with Crippen LogP contribution in [0, 0.1) is 0 Å². The van der Waals surface area contributed by atoms with Crippen LogP contribution in [0.4, 0.5) is 11.5 Å². The van der Waals surface area contributed by atoms with Crippen LogP contribution in [0.25, 0.3) is 10.9 Å². The van der Waals surface area contributed by atoms with E-state index in [1.54, 1.807) is 0 Å². The fourth-order valence-corrected chi connectivity index (χ4v) is 1.84. The second-order valence-electron chi connectivity index (χ2n) is 4.83. The third-order valence-electron chi connectivity index (χ3n) is 3.14. The molecule has 3 rings (SSSR count). The van der Waals surface area contributed by atoms with Crippen molar-refractivity contribution >= 4 is 22.4 Å². The first-order valence-corrected chi connectivity index (χ1v) is 5.59. The topological polar surface area (TPSA) is 50.9 Å². The van der Waals surface area contributed by atoms with E-state index in [-0.39, 0.29) is 5.54 Å². The average Bonchev–Trinajstić information content (AvgIpc) is 2.96. The van der Waals surface area contributed by atoms with Gasteiger partial charge in [-0.05, 0) is 50.1 Å². The summed E-state index contributed by atoms with van der Waals surface area (Å²) in [5.41, 5.74) is 7.77. The summed E-state index contributed by atoms with van der Waals surface area (Å²) < 4.78 is 0. The van der Waals surface area contributed by atoms with Crippen molar-refractivity contribution in [3.05, 3.63) is 30.3 Å². The van der Waals surface area contributed by atoms with Gasteiger partial charge in [0.15, 0.2) is 0 Å². The molecule has 0 aliphatic heterocycles. The molecule has 3 heteroatoms. The van der Waals surface area contributed by atoms with E-state index < -0.39 is 0 Å². The maximum Gasteiger partial charge on any atom is 0.127 e. The highest BCUT2D eigenvalue weighted by atomic mass is 15.1. The number of rotatable bonds is 2. The van der Waals surface area contributed by atoms with Gasteiger partial charge in [-0.2, -0.15) is 0 Å². The lowest BCUT2D eigenvalue weighted by atomic mass is 10.2. The fraction of sp³-hybridized carbons (Fsp3) is 0.308. The number of fused-ring (bicyclic) bond motifs is 1. The normalized spacial score (nSPS) is 17.3. The summed E-state index contributed by atoms with van der Waals surface area (Å²) in [6, 6.07) is 9.88. The third-order valence-corrected chi connectivity index (χ3v) is 3.14. The van der Waals surface area contributed by atoms with Crippen LogP contribution in [0.2, 0.25) is 0 Å². The van der Waals surface area contributed by atoms with Crippen molar-refractivity contribution < 1.29 is 0 Å². The Morgan fingerprint density at radius 3 is 2.81 bits per heavy atom.